The predicted molar refractivity (Wildman–Crippen MR) is 86.2 cm³/mol. The number of piperazine rings is 1. The molecule has 1 aromatic carbocycles. The van der Waals surface area contributed by atoms with Crippen molar-refractivity contribution in [1.29, 1.82) is 0 Å². The first-order chi connectivity index (χ1) is 11.1. The molecule has 0 unspecified atom stereocenters. The van der Waals surface area contributed by atoms with E-state index >= 15 is 0 Å². The number of nitrogens with zero attached hydrogens (tertiary/aromatic N) is 2. The maximum atomic E-state index is 13.0. The van der Waals surface area contributed by atoms with E-state index in [-0.39, 0.29) is 5.82 Å². The van der Waals surface area contributed by atoms with Crippen LogP contribution in [0.15, 0.2) is 46.9 Å². The van der Waals surface area contributed by atoms with Crippen LogP contribution in [0, 0.1) is 5.82 Å². The molecule has 1 saturated heterocycles. The second-order valence-electron chi connectivity index (χ2n) is 5.30. The largest absolute Gasteiger partial charge is 0.478 e. The van der Waals surface area contributed by atoms with Crippen LogP contribution in [-0.4, -0.2) is 37.3 Å². The number of hydrogen-bond acceptors (Lipinski definition) is 4. The van der Waals surface area contributed by atoms with Gasteiger partial charge >= 0.3 is 5.97 Å². The Labute approximate surface area is 133 Å². The van der Waals surface area contributed by atoms with Crippen molar-refractivity contribution in [3.8, 4) is 0 Å². The summed E-state index contributed by atoms with van der Waals surface area (Å²) in [4.78, 5) is 14.8. The SMILES string of the molecule is O=C(O)/C=C/c1ccc(N2CCN(c3ccc(F)cc3)CC2)o1. The Bertz CT molecular complexity index is 701. The summed E-state index contributed by atoms with van der Waals surface area (Å²) in [5, 5.41) is 8.62. The molecule has 2 aromatic rings. The summed E-state index contributed by atoms with van der Waals surface area (Å²) in [7, 11) is 0. The van der Waals surface area contributed by atoms with E-state index in [9.17, 15) is 9.18 Å². The van der Waals surface area contributed by atoms with Crippen molar-refractivity contribution in [2.45, 2.75) is 0 Å². The van der Waals surface area contributed by atoms with Crippen LogP contribution in [-0.2, 0) is 4.79 Å². The van der Waals surface area contributed by atoms with Crippen molar-refractivity contribution in [2.24, 2.45) is 0 Å². The summed E-state index contributed by atoms with van der Waals surface area (Å²) in [5.74, 6) is 0.0120. The van der Waals surface area contributed by atoms with Crippen LogP contribution in [0.2, 0.25) is 0 Å². The number of aliphatic carboxylic acids is 1. The highest BCUT2D eigenvalue weighted by molar-refractivity contribution is 5.84. The van der Waals surface area contributed by atoms with Crippen LogP contribution in [0.3, 0.4) is 0 Å². The van der Waals surface area contributed by atoms with E-state index in [0.717, 1.165) is 43.8 Å². The maximum Gasteiger partial charge on any atom is 0.328 e. The number of carboxylic acids is 1. The monoisotopic (exact) mass is 316 g/mol. The quantitative estimate of drug-likeness (QED) is 0.879. The third kappa shape index (κ3) is 3.71. The third-order valence-electron chi connectivity index (χ3n) is 3.79. The van der Waals surface area contributed by atoms with Crippen LogP contribution in [0.1, 0.15) is 5.76 Å². The fourth-order valence-corrected chi connectivity index (χ4v) is 2.59. The summed E-state index contributed by atoms with van der Waals surface area (Å²) < 4.78 is 18.6. The first-order valence-electron chi connectivity index (χ1n) is 7.38. The van der Waals surface area contributed by atoms with E-state index in [2.05, 4.69) is 9.80 Å². The van der Waals surface area contributed by atoms with Gasteiger partial charge in [-0.1, -0.05) is 0 Å². The van der Waals surface area contributed by atoms with Gasteiger partial charge in [-0.2, -0.15) is 0 Å². The van der Waals surface area contributed by atoms with Crippen molar-refractivity contribution in [2.75, 3.05) is 36.0 Å². The molecule has 1 fully saturated rings. The van der Waals surface area contributed by atoms with Crippen LogP contribution in [0.25, 0.3) is 6.08 Å². The fourth-order valence-electron chi connectivity index (χ4n) is 2.59. The standard InChI is InChI=1S/C17H17FN2O3/c18-13-1-3-14(4-2-13)19-9-11-20(12-10-19)16-7-5-15(23-16)6-8-17(21)22/h1-8H,9-12H2,(H,21,22)/b8-6+. The summed E-state index contributed by atoms with van der Waals surface area (Å²) in [6, 6.07) is 10.1. The highest BCUT2D eigenvalue weighted by Crippen LogP contribution is 2.23. The minimum atomic E-state index is -1.00. The van der Waals surface area contributed by atoms with Crippen LogP contribution in [0.4, 0.5) is 16.0 Å². The molecular formula is C17H17FN2O3. The van der Waals surface area contributed by atoms with Crippen LogP contribution in [0.5, 0.6) is 0 Å². The molecule has 0 aliphatic carbocycles. The molecule has 0 spiro atoms. The lowest BCUT2D eigenvalue weighted by Gasteiger charge is -2.36. The summed E-state index contributed by atoms with van der Waals surface area (Å²) >= 11 is 0. The molecule has 0 bridgehead atoms. The van der Waals surface area contributed by atoms with Gasteiger partial charge in [-0.3, -0.25) is 0 Å². The Balaban J connectivity index is 1.60. The first-order valence-corrected chi connectivity index (χ1v) is 7.38. The summed E-state index contributed by atoms with van der Waals surface area (Å²) in [6.45, 7) is 3.19. The second kappa shape index (κ2) is 6.56. The van der Waals surface area contributed by atoms with Gasteiger partial charge in [0, 0.05) is 44.0 Å². The number of rotatable bonds is 4. The highest BCUT2D eigenvalue weighted by Gasteiger charge is 2.19. The van der Waals surface area contributed by atoms with Gasteiger partial charge in [0.15, 0.2) is 5.88 Å². The van der Waals surface area contributed by atoms with E-state index in [4.69, 9.17) is 9.52 Å². The second-order valence-corrected chi connectivity index (χ2v) is 5.30. The van der Waals surface area contributed by atoms with Crippen LogP contribution < -0.4 is 9.80 Å². The Morgan fingerprint density at radius 1 is 1.04 bits per heavy atom. The molecule has 23 heavy (non-hydrogen) atoms. The highest BCUT2D eigenvalue weighted by atomic mass is 19.1. The predicted octanol–water partition coefficient (Wildman–Crippen LogP) is 2.84. The Kier molecular flexibility index (Phi) is 4.32. The molecule has 2 heterocycles. The van der Waals surface area contributed by atoms with Gasteiger partial charge in [-0.25, -0.2) is 9.18 Å². The number of anilines is 2. The summed E-state index contributed by atoms with van der Waals surface area (Å²) in [5.41, 5.74) is 1.01. The minimum absolute atomic E-state index is 0.232. The van der Waals surface area contributed by atoms with E-state index in [1.165, 1.54) is 18.2 Å². The number of carboxylic acid groups (broad SMARTS) is 1. The smallest absolute Gasteiger partial charge is 0.328 e. The van der Waals surface area contributed by atoms with Gasteiger partial charge in [0.25, 0.3) is 0 Å². The maximum absolute atomic E-state index is 13.0. The molecule has 1 aliphatic heterocycles. The molecular weight excluding hydrogens is 299 g/mol. The Morgan fingerprint density at radius 2 is 1.70 bits per heavy atom. The lowest BCUT2D eigenvalue weighted by Crippen LogP contribution is -2.46. The fraction of sp³-hybridized carbons (Fsp3) is 0.235. The molecule has 6 heteroatoms. The van der Waals surface area contributed by atoms with E-state index in [0.29, 0.717) is 5.76 Å². The zero-order valence-corrected chi connectivity index (χ0v) is 12.5. The normalized spacial score (nSPS) is 15.3. The molecule has 120 valence electrons. The Hall–Kier alpha value is -2.76. The van der Waals surface area contributed by atoms with Gasteiger partial charge in [0.1, 0.15) is 11.6 Å². The van der Waals surface area contributed by atoms with E-state index < -0.39 is 5.97 Å². The molecule has 1 aliphatic rings. The average molecular weight is 316 g/mol. The van der Waals surface area contributed by atoms with E-state index in [1.807, 2.05) is 6.07 Å². The summed E-state index contributed by atoms with van der Waals surface area (Å²) in [6.07, 6.45) is 2.48. The molecule has 0 amide bonds. The lowest BCUT2D eigenvalue weighted by molar-refractivity contribution is -0.131. The zero-order valence-electron chi connectivity index (χ0n) is 12.5. The number of halogens is 1. The first kappa shape index (κ1) is 15.1. The van der Waals surface area contributed by atoms with Gasteiger partial charge in [-0.15, -0.1) is 0 Å². The molecule has 1 N–H and O–H groups in total. The van der Waals surface area contributed by atoms with Crippen molar-refractivity contribution in [3.05, 3.63) is 54.1 Å². The van der Waals surface area contributed by atoms with Crippen molar-refractivity contribution in [1.82, 2.24) is 0 Å². The van der Waals surface area contributed by atoms with Crippen LogP contribution >= 0.6 is 0 Å². The van der Waals surface area contributed by atoms with E-state index in [1.54, 1.807) is 18.2 Å². The topological polar surface area (TPSA) is 56.9 Å². The van der Waals surface area contributed by atoms with Gasteiger partial charge in [0.2, 0.25) is 0 Å². The average Bonchev–Trinajstić information content (AvgIpc) is 3.03. The third-order valence-corrected chi connectivity index (χ3v) is 3.79. The number of carbonyl (C=O) groups is 1. The molecule has 3 rings (SSSR count). The Morgan fingerprint density at radius 3 is 2.35 bits per heavy atom. The van der Waals surface area contributed by atoms with Gasteiger partial charge < -0.3 is 19.3 Å². The van der Waals surface area contributed by atoms with Gasteiger partial charge in [0.05, 0.1) is 0 Å². The molecule has 5 nitrogen and oxygen atoms in total. The van der Waals surface area contributed by atoms with Crippen molar-refractivity contribution >= 4 is 23.6 Å². The number of hydrogen-bond donors (Lipinski definition) is 1. The number of furan rings is 1. The molecule has 0 saturated carbocycles. The zero-order chi connectivity index (χ0) is 16.2. The number of benzene rings is 1. The minimum Gasteiger partial charge on any atom is -0.478 e. The van der Waals surface area contributed by atoms with Crippen molar-refractivity contribution in [3.63, 3.8) is 0 Å². The van der Waals surface area contributed by atoms with Gasteiger partial charge in [-0.05, 0) is 36.4 Å². The molecule has 1 aromatic heterocycles. The molecule has 0 radical (unpaired) electrons. The van der Waals surface area contributed by atoms with Crippen molar-refractivity contribution < 1.29 is 18.7 Å². The lowest BCUT2D eigenvalue weighted by atomic mass is 10.2. The molecule has 0 atom stereocenters.